The number of hydrogen-bond acceptors (Lipinski definition) is 10. The number of ether oxygens (including phenoxy) is 4. The molecular weight excluding hydrogens is 800 g/mol. The number of benzene rings is 1. The van der Waals surface area contributed by atoms with Crippen LogP contribution in [0.15, 0.2) is 35.9 Å². The molecule has 7 atom stereocenters. The van der Waals surface area contributed by atoms with Gasteiger partial charge in [-0.05, 0) is 76.3 Å². The lowest BCUT2D eigenvalue weighted by Crippen LogP contribution is -2.46. The molecule has 12 nitrogen and oxygen atoms in total. The summed E-state index contributed by atoms with van der Waals surface area (Å²) >= 11 is 6.00. The number of thiol groups is 1. The number of halogens is 1. The molecular formula is C37H53BIN3O9S. The van der Waals surface area contributed by atoms with E-state index in [0.29, 0.717) is 36.5 Å². The molecule has 1 aromatic rings. The number of methoxy groups -OCH3 is 2. The number of carbonyl (C=O) groups excluding carboxylic acids is 4. The summed E-state index contributed by atoms with van der Waals surface area (Å²) in [6, 6.07) is 3.04. The maximum atomic E-state index is 14.2. The van der Waals surface area contributed by atoms with Gasteiger partial charge >= 0.3 is 13.0 Å². The molecule has 3 unspecified atom stereocenters. The van der Waals surface area contributed by atoms with Gasteiger partial charge in [0.2, 0.25) is 17.7 Å². The molecule has 286 valence electrons. The van der Waals surface area contributed by atoms with Crippen LogP contribution in [-0.2, 0) is 42.8 Å². The van der Waals surface area contributed by atoms with E-state index in [9.17, 15) is 19.2 Å². The van der Waals surface area contributed by atoms with Crippen LogP contribution in [0, 0.1) is 12.8 Å². The van der Waals surface area contributed by atoms with Crippen molar-refractivity contribution in [2.45, 2.75) is 109 Å². The van der Waals surface area contributed by atoms with Crippen LogP contribution < -0.4 is 9.64 Å². The van der Waals surface area contributed by atoms with Crippen molar-refractivity contribution in [1.82, 2.24) is 9.71 Å². The standard InChI is InChI=1S/C37H53BIN3O9S/c1-22-12-11-13-30(48-10)37(38(51-39)42(37)26(5)43)16-14-23(2)34-36(6,50-34)31(49-35(46)25(4)40(7)32(44)15-17-52)21-33(45)41(8)28-19-27(18-22)20-29(47-9)24(28)3/h11-13,19-20,23,25,30-31,34,52H,14-18,21H2,1-10H3/b13-11-,22-12+/t23-,25+,30+,31?,34?,36+,37?,42?/m1/s1. The first-order valence-corrected chi connectivity index (χ1v) is 19.2. The lowest BCUT2D eigenvalue weighted by atomic mass is 9.71. The fourth-order valence-electron chi connectivity index (χ4n) is 7.57. The number of rotatable bonds is 8. The minimum Gasteiger partial charge on any atom is -0.496 e. The van der Waals surface area contributed by atoms with Gasteiger partial charge in [-0.1, -0.05) is 30.7 Å². The summed E-state index contributed by atoms with van der Waals surface area (Å²) in [5.74, 6) is -0.342. The Labute approximate surface area is 328 Å². The summed E-state index contributed by atoms with van der Waals surface area (Å²) in [5.41, 5.74) is 1.73. The predicted octanol–water partition coefficient (Wildman–Crippen LogP) is 5.08. The number of carbonyl (C=O) groups is 4. The maximum Gasteiger partial charge on any atom is 0.456 e. The number of hydrogen-bond donors (Lipinski definition) is 1. The molecule has 3 amide bonds. The van der Waals surface area contributed by atoms with E-state index in [4.69, 9.17) is 21.9 Å². The largest absolute Gasteiger partial charge is 0.496 e. The van der Waals surface area contributed by atoms with Crippen LogP contribution in [0.25, 0.3) is 0 Å². The minimum absolute atomic E-state index is 0.0638. The topological polar surface area (TPSA) is 127 Å². The Morgan fingerprint density at radius 2 is 1.92 bits per heavy atom. The number of likely N-dealkylation sites (N-methyl/N-ethyl adjacent to an activating group) is 1. The number of esters is 1. The highest BCUT2D eigenvalue weighted by Gasteiger charge is 2.74. The number of allylic oxidation sites excluding steroid dienone is 3. The van der Waals surface area contributed by atoms with Gasteiger partial charge in [-0.25, -0.2) is 4.79 Å². The summed E-state index contributed by atoms with van der Waals surface area (Å²) in [6.45, 7) is 11.0. The molecule has 15 heteroatoms. The van der Waals surface area contributed by atoms with Crippen LogP contribution in [0.1, 0.15) is 71.4 Å². The average Bonchev–Trinajstić information content (AvgIpc) is 4.00. The first-order chi connectivity index (χ1) is 24.5. The van der Waals surface area contributed by atoms with Gasteiger partial charge in [0.05, 0.1) is 59.9 Å². The molecule has 3 heterocycles. The Kier molecular flexibility index (Phi) is 14.0. The summed E-state index contributed by atoms with van der Waals surface area (Å²) in [6.07, 6.45) is 5.93. The van der Waals surface area contributed by atoms with Gasteiger partial charge < -0.3 is 36.5 Å². The Bertz CT molecular complexity index is 1600. The summed E-state index contributed by atoms with van der Waals surface area (Å²) < 4.78 is 30.1. The molecule has 1 aromatic carbocycles. The lowest BCUT2D eigenvalue weighted by Gasteiger charge is -2.30. The van der Waals surface area contributed by atoms with Crippen LogP contribution in [0.2, 0.25) is 0 Å². The molecule has 2 saturated heterocycles. The molecule has 1 spiro atoms. The third-order valence-corrected chi connectivity index (χ3v) is 11.7. The van der Waals surface area contributed by atoms with Crippen LogP contribution >= 0.6 is 35.6 Å². The molecule has 0 aromatic heterocycles. The van der Waals surface area contributed by atoms with E-state index in [1.807, 2.05) is 74.1 Å². The molecule has 0 aliphatic carbocycles. The normalized spacial score (nSPS) is 30.2. The molecule has 0 radical (unpaired) electrons. The van der Waals surface area contributed by atoms with Gasteiger partial charge in [0.15, 0.2) is 0 Å². The van der Waals surface area contributed by atoms with Crippen LogP contribution in [0.4, 0.5) is 5.69 Å². The molecule has 4 rings (SSSR count). The van der Waals surface area contributed by atoms with Gasteiger partial charge in [0.1, 0.15) is 23.5 Å². The van der Waals surface area contributed by atoms with Crippen molar-refractivity contribution in [1.29, 1.82) is 0 Å². The van der Waals surface area contributed by atoms with Crippen molar-refractivity contribution >= 4 is 72.1 Å². The van der Waals surface area contributed by atoms with Crippen molar-refractivity contribution in [2.75, 3.05) is 39.0 Å². The Balaban J connectivity index is 1.77. The monoisotopic (exact) mass is 853 g/mol. The number of nitrogens with zero attached hydrogens (tertiary/aromatic N) is 3. The summed E-state index contributed by atoms with van der Waals surface area (Å²) in [7, 11) is 6.00. The molecule has 52 heavy (non-hydrogen) atoms. The van der Waals surface area contributed by atoms with Gasteiger partial charge in [0, 0.05) is 40.1 Å². The lowest BCUT2D eigenvalue weighted by molar-refractivity contribution is -0.161. The Morgan fingerprint density at radius 3 is 2.50 bits per heavy atom. The highest BCUT2D eigenvalue weighted by atomic mass is 127. The van der Waals surface area contributed by atoms with E-state index in [1.165, 1.54) is 11.8 Å². The Hall–Kier alpha value is -2.60. The fraction of sp³-hybridized carbons (Fsp3) is 0.622. The zero-order valence-electron chi connectivity index (χ0n) is 31.9. The maximum absolute atomic E-state index is 14.2. The van der Waals surface area contributed by atoms with Crippen LogP contribution in [0.5, 0.6) is 5.75 Å². The van der Waals surface area contributed by atoms with Gasteiger partial charge in [-0.3, -0.25) is 14.4 Å². The number of epoxide rings is 1. The first-order valence-electron chi connectivity index (χ1n) is 17.6. The molecule has 2 bridgehead atoms. The zero-order chi connectivity index (χ0) is 38.7. The highest BCUT2D eigenvalue weighted by Crippen LogP contribution is 2.52. The molecule has 0 N–H and O–H groups in total. The Morgan fingerprint density at radius 1 is 1.23 bits per heavy atom. The highest BCUT2D eigenvalue weighted by molar-refractivity contribution is 14.1. The van der Waals surface area contributed by atoms with Gasteiger partial charge in [0.25, 0.3) is 0 Å². The fourth-order valence-corrected chi connectivity index (χ4v) is 8.42. The second-order valence-electron chi connectivity index (χ2n) is 14.5. The molecule has 0 saturated carbocycles. The van der Waals surface area contributed by atoms with E-state index in [-0.39, 0.29) is 42.6 Å². The third kappa shape index (κ3) is 8.53. The quantitative estimate of drug-likeness (QED) is 0.125. The van der Waals surface area contributed by atoms with E-state index in [0.717, 1.165) is 16.7 Å². The van der Waals surface area contributed by atoms with E-state index < -0.39 is 42.3 Å². The number of amides is 3. The van der Waals surface area contributed by atoms with Gasteiger partial charge in [-0.2, -0.15) is 12.6 Å². The van der Waals surface area contributed by atoms with Crippen LogP contribution in [-0.4, -0.2) is 110 Å². The minimum atomic E-state index is -0.992. The van der Waals surface area contributed by atoms with Crippen molar-refractivity contribution in [3.63, 3.8) is 0 Å². The second kappa shape index (κ2) is 17.3. The van der Waals surface area contributed by atoms with E-state index in [1.54, 1.807) is 44.9 Å². The SMILES string of the molecule is COc1cc2cc(c1C)N(C)C(=O)CC(OC(=O)[C@H](C)N(C)C(=O)CCS)[C@]1(C)OC1[C@H](C)CCC1(B(OI)N1C(C)=O)[C@@H](OC)/C=C\C=C(/C)C2. The van der Waals surface area contributed by atoms with Crippen LogP contribution in [0.3, 0.4) is 0 Å². The van der Waals surface area contributed by atoms with E-state index >= 15 is 0 Å². The molecule has 3 aliphatic heterocycles. The van der Waals surface area contributed by atoms with Gasteiger partial charge in [-0.15, -0.1) is 0 Å². The predicted molar refractivity (Wildman–Crippen MR) is 212 cm³/mol. The zero-order valence-corrected chi connectivity index (χ0v) is 35.0. The third-order valence-electron chi connectivity index (χ3n) is 11.0. The summed E-state index contributed by atoms with van der Waals surface area (Å²) in [5, 5.41) is 0. The first kappa shape index (κ1) is 42.2. The number of anilines is 1. The van der Waals surface area contributed by atoms with Crippen molar-refractivity contribution < 1.29 is 41.1 Å². The average molecular weight is 854 g/mol. The molecule has 3 aliphatic rings. The summed E-state index contributed by atoms with van der Waals surface area (Å²) in [4.78, 5) is 57.9. The smallest absolute Gasteiger partial charge is 0.456 e. The van der Waals surface area contributed by atoms with Crippen molar-refractivity contribution in [3.05, 3.63) is 47.1 Å². The van der Waals surface area contributed by atoms with Crippen molar-refractivity contribution in [3.8, 4) is 5.75 Å². The van der Waals surface area contributed by atoms with E-state index in [2.05, 4.69) is 19.6 Å². The second-order valence-corrected chi connectivity index (χ2v) is 15.4. The van der Waals surface area contributed by atoms with Crippen molar-refractivity contribution in [2.24, 2.45) is 5.92 Å². The molecule has 2 fully saturated rings. The number of fused-ring (bicyclic) bond motifs is 3.